The van der Waals surface area contributed by atoms with Gasteiger partial charge in [0.05, 0.1) is 57.1 Å². The number of methoxy groups -OCH3 is 2. The summed E-state index contributed by atoms with van der Waals surface area (Å²) in [4.78, 5) is 50.4. The summed E-state index contributed by atoms with van der Waals surface area (Å²) in [5.74, 6) is 0. The highest BCUT2D eigenvalue weighted by Gasteiger charge is 2.26. The predicted octanol–water partition coefficient (Wildman–Crippen LogP) is 9.50. The van der Waals surface area contributed by atoms with Crippen molar-refractivity contribution in [1.29, 1.82) is 0 Å². The zero-order valence-corrected chi connectivity index (χ0v) is 45.8. The maximum atomic E-state index is 12.7. The first-order valence-corrected chi connectivity index (χ1v) is 28.8. The van der Waals surface area contributed by atoms with E-state index in [2.05, 4.69) is 139 Å². The lowest BCUT2D eigenvalue weighted by molar-refractivity contribution is 0.122. The number of anilines is 4. The van der Waals surface area contributed by atoms with Crippen molar-refractivity contribution in [3.8, 4) is 22.5 Å². The summed E-state index contributed by atoms with van der Waals surface area (Å²) in [5.41, 5.74) is 7.79. The minimum atomic E-state index is -0.0808. The first-order chi connectivity index (χ1) is 36.2. The van der Waals surface area contributed by atoms with Gasteiger partial charge in [-0.25, -0.2) is 0 Å². The Morgan fingerprint density at radius 1 is 0.554 bits per heavy atom. The van der Waals surface area contributed by atoms with E-state index < -0.39 is 0 Å². The van der Waals surface area contributed by atoms with Crippen molar-refractivity contribution < 1.29 is 18.9 Å². The number of piperazine rings is 1. The molecule has 0 aliphatic carbocycles. The average molecular weight is 1080 g/mol. The molecule has 4 N–H and O–H groups in total. The fraction of sp³-hybridized carbons (Fsp3) is 0.393. The van der Waals surface area contributed by atoms with Crippen LogP contribution in [0.5, 0.6) is 0 Å². The minimum absolute atomic E-state index is 0.0802. The Kier molecular flexibility index (Phi) is 17.7. The Bertz CT molecular complexity index is 3010. The fourth-order valence-corrected chi connectivity index (χ4v) is 14.6. The third-order valence-corrected chi connectivity index (χ3v) is 18.9. The highest BCUT2D eigenvalue weighted by atomic mass is 32.2. The first-order valence-electron chi connectivity index (χ1n) is 25.5. The molecule has 3 saturated heterocycles. The summed E-state index contributed by atoms with van der Waals surface area (Å²) in [7, 11) is 5.70. The van der Waals surface area contributed by atoms with E-state index in [0.29, 0.717) is 45.7 Å². The van der Waals surface area contributed by atoms with Crippen molar-refractivity contribution >= 4 is 69.8 Å². The van der Waals surface area contributed by atoms with Gasteiger partial charge in [0.1, 0.15) is 0 Å². The lowest BCUT2D eigenvalue weighted by Crippen LogP contribution is -2.49. The zero-order valence-electron chi connectivity index (χ0n) is 42.6. The van der Waals surface area contributed by atoms with Gasteiger partial charge in [-0.15, -0.1) is 0 Å². The van der Waals surface area contributed by atoms with Crippen LogP contribution in [0.1, 0.15) is 13.3 Å². The number of nitrogens with zero attached hydrogens (tertiary/aromatic N) is 4. The Labute approximate surface area is 451 Å². The molecule has 3 fully saturated rings. The molecule has 390 valence electrons. The van der Waals surface area contributed by atoms with Gasteiger partial charge in [0.2, 0.25) is 11.1 Å². The molecule has 0 saturated carbocycles. The van der Waals surface area contributed by atoms with E-state index in [9.17, 15) is 9.59 Å². The normalized spacial score (nSPS) is 17.5. The molecule has 0 bridgehead atoms. The van der Waals surface area contributed by atoms with Gasteiger partial charge in [-0.05, 0) is 74.1 Å². The van der Waals surface area contributed by atoms with Crippen molar-refractivity contribution in [3.63, 3.8) is 0 Å². The van der Waals surface area contributed by atoms with Gasteiger partial charge >= 0.3 is 0 Å². The SMILES string of the molecule is CCC(COC)Nc1ccc2c(c1)Sc1cccc(-c3cc(N4CCOCC4)cc(=O)[nH]3)c1S2.COCC(CN1CCN(C)CC1)Nc1ccc2c(c1)Sc1cccc(-c3cc(N4CCOCC4)cc(=O)[nH]3)c1S2. The van der Waals surface area contributed by atoms with Crippen molar-refractivity contribution in [3.05, 3.63) is 118 Å². The van der Waals surface area contributed by atoms with Crippen LogP contribution >= 0.6 is 47.0 Å². The number of benzene rings is 4. The molecular weight excluding hydrogens is 1010 g/mol. The number of H-pyrrole nitrogens is 2. The van der Waals surface area contributed by atoms with Crippen LogP contribution in [0.3, 0.4) is 0 Å². The van der Waals surface area contributed by atoms with Crippen LogP contribution in [0.4, 0.5) is 22.7 Å². The monoisotopic (exact) mass is 1070 g/mol. The zero-order chi connectivity index (χ0) is 51.0. The number of morpholine rings is 2. The molecule has 7 heterocycles. The highest BCUT2D eigenvalue weighted by Crippen LogP contribution is 2.53. The summed E-state index contributed by atoms with van der Waals surface area (Å²) in [6, 6.07) is 34.0. The summed E-state index contributed by atoms with van der Waals surface area (Å²) < 4.78 is 21.9. The number of hydrogen-bond donors (Lipinski definition) is 4. The second-order valence-corrected chi connectivity index (χ2v) is 23.3. The third kappa shape index (κ3) is 12.9. The van der Waals surface area contributed by atoms with Crippen molar-refractivity contribution in [2.45, 2.75) is 64.6 Å². The quantitative estimate of drug-likeness (QED) is 0.0775. The summed E-state index contributed by atoms with van der Waals surface area (Å²) in [6.45, 7) is 14.8. The summed E-state index contributed by atoms with van der Waals surface area (Å²) in [6.07, 6.45) is 1.00. The lowest BCUT2D eigenvalue weighted by Gasteiger charge is -2.35. The number of hydrogen-bond acceptors (Lipinski definition) is 16. The maximum Gasteiger partial charge on any atom is 0.250 e. The van der Waals surface area contributed by atoms with E-state index in [4.69, 9.17) is 18.9 Å². The Morgan fingerprint density at radius 2 is 1.03 bits per heavy atom. The van der Waals surface area contributed by atoms with Gasteiger partial charge in [-0.3, -0.25) is 14.5 Å². The third-order valence-electron chi connectivity index (χ3n) is 13.7. The number of ether oxygens (including phenoxy) is 4. The Morgan fingerprint density at radius 3 is 1.50 bits per heavy atom. The second kappa shape index (κ2) is 24.9. The van der Waals surface area contributed by atoms with Crippen LogP contribution in [-0.2, 0) is 18.9 Å². The van der Waals surface area contributed by atoms with Gasteiger partial charge in [0, 0.05) is 164 Å². The molecule has 2 aromatic heterocycles. The predicted molar refractivity (Wildman–Crippen MR) is 303 cm³/mol. The molecule has 5 aliphatic heterocycles. The number of likely N-dealkylation sites (N-methyl/N-ethyl adjacent to an activating group) is 1. The average Bonchev–Trinajstić information content (AvgIpc) is 3.42. The fourth-order valence-electron chi connectivity index (χ4n) is 9.78. The van der Waals surface area contributed by atoms with Gasteiger partial charge in [-0.2, -0.15) is 0 Å². The minimum Gasteiger partial charge on any atom is -0.383 e. The Hall–Kier alpha value is -4.86. The molecule has 18 heteroatoms. The molecular formula is C56H66N8O6S4. The smallest absolute Gasteiger partial charge is 0.250 e. The Balaban J connectivity index is 0.000000172. The summed E-state index contributed by atoms with van der Waals surface area (Å²) in [5, 5.41) is 7.32. The van der Waals surface area contributed by atoms with Crippen molar-refractivity contribution in [2.24, 2.45) is 0 Å². The largest absolute Gasteiger partial charge is 0.383 e. The van der Waals surface area contributed by atoms with E-state index in [1.807, 2.05) is 0 Å². The molecule has 11 rings (SSSR count). The van der Waals surface area contributed by atoms with E-state index in [1.165, 1.54) is 39.2 Å². The van der Waals surface area contributed by atoms with Crippen LogP contribution in [0.15, 0.2) is 146 Å². The van der Waals surface area contributed by atoms with Crippen LogP contribution in [-0.4, -0.2) is 152 Å². The van der Waals surface area contributed by atoms with Crippen LogP contribution in [0, 0.1) is 0 Å². The number of rotatable bonds is 15. The van der Waals surface area contributed by atoms with E-state index in [-0.39, 0.29) is 17.2 Å². The molecule has 0 spiro atoms. The number of pyridine rings is 2. The second-order valence-electron chi connectivity index (χ2n) is 19.0. The summed E-state index contributed by atoms with van der Waals surface area (Å²) >= 11 is 7.11. The van der Waals surface area contributed by atoms with Gasteiger partial charge in [-0.1, -0.05) is 78.2 Å². The van der Waals surface area contributed by atoms with Crippen LogP contribution < -0.4 is 31.6 Å². The number of fused-ring (bicyclic) bond motifs is 4. The highest BCUT2D eigenvalue weighted by molar-refractivity contribution is 8.05. The van der Waals surface area contributed by atoms with Gasteiger partial charge < -0.3 is 54.2 Å². The van der Waals surface area contributed by atoms with Crippen molar-refractivity contribution in [1.82, 2.24) is 19.8 Å². The number of aromatic nitrogens is 2. The van der Waals surface area contributed by atoms with Crippen LogP contribution in [0.25, 0.3) is 22.5 Å². The molecule has 2 atom stereocenters. The number of aromatic amines is 2. The standard InChI is InChI=1S/C30H37N5O3S2.C26H29N3O3S2/c1-33-8-10-34(11-9-33)19-22(20-37-2)31-21-6-7-26-28(16-21)39-27-5-3-4-24(30(27)40-26)25-17-23(18-29(36)32-25)35-12-14-38-15-13-35;1-3-17(16-31-2)27-18-7-8-22-24(13-18)33-23-6-4-5-20(26(23)34-22)21-14-19(15-25(30)28-21)29-9-11-32-12-10-29/h3-7,16-18,22,31H,8-15,19-20H2,1-2H3,(H,32,36);4-8,13-15,17,27H,3,9-12,16H2,1-2H3,(H,28,30). The van der Waals surface area contributed by atoms with E-state index in [0.717, 1.165) is 111 Å². The van der Waals surface area contributed by atoms with E-state index >= 15 is 0 Å². The molecule has 74 heavy (non-hydrogen) atoms. The lowest BCUT2D eigenvalue weighted by atomic mass is 10.1. The first kappa shape index (κ1) is 52.6. The molecule has 2 unspecified atom stereocenters. The molecule has 5 aliphatic rings. The van der Waals surface area contributed by atoms with Crippen LogP contribution in [0.2, 0.25) is 0 Å². The number of nitrogens with one attached hydrogen (secondary N) is 4. The molecule has 0 radical (unpaired) electrons. The van der Waals surface area contributed by atoms with E-state index in [1.54, 1.807) is 73.4 Å². The molecule has 14 nitrogen and oxygen atoms in total. The van der Waals surface area contributed by atoms with Gasteiger partial charge in [0.25, 0.3) is 0 Å². The van der Waals surface area contributed by atoms with Crippen molar-refractivity contribution in [2.75, 3.05) is 140 Å². The molecule has 0 amide bonds. The maximum absolute atomic E-state index is 12.7. The molecule has 4 aromatic carbocycles. The van der Waals surface area contributed by atoms with Gasteiger partial charge in [0.15, 0.2) is 0 Å². The molecule has 6 aromatic rings. The topological polar surface area (TPSA) is 140 Å².